The van der Waals surface area contributed by atoms with Crippen molar-refractivity contribution < 1.29 is 9.53 Å². The van der Waals surface area contributed by atoms with Gasteiger partial charge in [0, 0.05) is 37.7 Å². The summed E-state index contributed by atoms with van der Waals surface area (Å²) in [5.74, 6) is 0.929. The number of halogens is 2. The van der Waals surface area contributed by atoms with E-state index in [1.165, 1.54) is 18.5 Å². The number of hydrogen-bond acceptors (Lipinski definition) is 4. The maximum absolute atomic E-state index is 12.5. The first-order chi connectivity index (χ1) is 11.6. The molecule has 2 aliphatic rings. The van der Waals surface area contributed by atoms with Crippen LogP contribution >= 0.6 is 24.8 Å². The quantitative estimate of drug-likeness (QED) is 0.807. The van der Waals surface area contributed by atoms with Gasteiger partial charge in [0.25, 0.3) is 0 Å². The van der Waals surface area contributed by atoms with E-state index in [0.29, 0.717) is 13.2 Å². The predicted octanol–water partition coefficient (Wildman–Crippen LogP) is 3.46. The van der Waals surface area contributed by atoms with Crippen LogP contribution in [0.15, 0.2) is 24.3 Å². The van der Waals surface area contributed by atoms with Crippen LogP contribution in [-0.4, -0.2) is 38.3 Å². The van der Waals surface area contributed by atoms with Crippen molar-refractivity contribution in [3.8, 4) is 0 Å². The van der Waals surface area contributed by atoms with Crippen LogP contribution in [0, 0.1) is 11.8 Å². The Bertz CT molecular complexity index is 559. The molecule has 1 aromatic carbocycles. The lowest BCUT2D eigenvalue weighted by Gasteiger charge is -2.32. The van der Waals surface area contributed by atoms with Gasteiger partial charge in [-0.05, 0) is 55.7 Å². The Hall–Kier alpha value is -1.01. The topological polar surface area (TPSA) is 67.6 Å². The van der Waals surface area contributed by atoms with Gasteiger partial charge in [0.05, 0.1) is 6.04 Å². The zero-order valence-electron chi connectivity index (χ0n) is 15.4. The van der Waals surface area contributed by atoms with E-state index < -0.39 is 6.04 Å². The molecule has 148 valence electrons. The highest BCUT2D eigenvalue weighted by Gasteiger charge is 2.26. The van der Waals surface area contributed by atoms with Gasteiger partial charge in [0.2, 0.25) is 5.91 Å². The lowest BCUT2D eigenvalue weighted by atomic mass is 9.92. The van der Waals surface area contributed by atoms with E-state index in [4.69, 9.17) is 10.5 Å². The Morgan fingerprint density at radius 1 is 1.19 bits per heavy atom. The Labute approximate surface area is 168 Å². The van der Waals surface area contributed by atoms with Gasteiger partial charge in [-0.2, -0.15) is 0 Å². The molecule has 0 aliphatic carbocycles. The SMILES string of the molecule is CC1CCN(c2cccc(NC(=O)C(N)C3CCOCC3)c2)CC1.Cl.Cl. The van der Waals surface area contributed by atoms with Crippen molar-refractivity contribution in [3.05, 3.63) is 24.3 Å². The van der Waals surface area contributed by atoms with Crippen molar-refractivity contribution >= 4 is 42.1 Å². The molecule has 3 rings (SSSR count). The molecule has 0 aromatic heterocycles. The summed E-state index contributed by atoms with van der Waals surface area (Å²) in [7, 11) is 0. The van der Waals surface area contributed by atoms with Gasteiger partial charge in [0.1, 0.15) is 0 Å². The van der Waals surface area contributed by atoms with Crippen LogP contribution in [-0.2, 0) is 9.53 Å². The molecule has 0 saturated carbocycles. The zero-order valence-corrected chi connectivity index (χ0v) is 17.0. The maximum Gasteiger partial charge on any atom is 0.241 e. The first kappa shape index (κ1) is 23.0. The average Bonchev–Trinajstić information content (AvgIpc) is 2.62. The van der Waals surface area contributed by atoms with Crippen LogP contribution in [0.5, 0.6) is 0 Å². The number of rotatable bonds is 4. The lowest BCUT2D eigenvalue weighted by molar-refractivity contribution is -0.119. The molecule has 2 fully saturated rings. The van der Waals surface area contributed by atoms with E-state index in [1.807, 2.05) is 12.1 Å². The van der Waals surface area contributed by atoms with Gasteiger partial charge >= 0.3 is 0 Å². The first-order valence-corrected chi connectivity index (χ1v) is 9.12. The first-order valence-electron chi connectivity index (χ1n) is 9.12. The summed E-state index contributed by atoms with van der Waals surface area (Å²) in [5, 5.41) is 3.00. The largest absolute Gasteiger partial charge is 0.381 e. The zero-order chi connectivity index (χ0) is 16.9. The van der Waals surface area contributed by atoms with Crippen molar-refractivity contribution in [1.29, 1.82) is 0 Å². The molecule has 5 nitrogen and oxygen atoms in total. The Morgan fingerprint density at radius 2 is 1.85 bits per heavy atom. The predicted molar refractivity (Wildman–Crippen MR) is 112 cm³/mol. The van der Waals surface area contributed by atoms with E-state index in [1.54, 1.807) is 0 Å². The molecule has 2 heterocycles. The van der Waals surface area contributed by atoms with Crippen LogP contribution in [0.2, 0.25) is 0 Å². The van der Waals surface area contributed by atoms with Crippen molar-refractivity contribution in [2.45, 2.75) is 38.6 Å². The van der Waals surface area contributed by atoms with Crippen molar-refractivity contribution in [2.24, 2.45) is 17.6 Å². The third-order valence-corrected chi connectivity index (χ3v) is 5.34. The summed E-state index contributed by atoms with van der Waals surface area (Å²) in [4.78, 5) is 14.8. The van der Waals surface area contributed by atoms with E-state index >= 15 is 0 Å². The molecular formula is C19H31Cl2N3O2. The summed E-state index contributed by atoms with van der Waals surface area (Å²) >= 11 is 0. The molecule has 1 atom stereocenters. The fourth-order valence-electron chi connectivity index (χ4n) is 3.56. The fraction of sp³-hybridized carbons (Fsp3) is 0.632. The monoisotopic (exact) mass is 403 g/mol. The highest BCUT2D eigenvalue weighted by Crippen LogP contribution is 2.25. The number of ether oxygens (including phenoxy) is 1. The van der Waals surface area contributed by atoms with E-state index in [2.05, 4.69) is 29.3 Å². The summed E-state index contributed by atoms with van der Waals surface area (Å²) in [6, 6.07) is 7.65. The summed E-state index contributed by atoms with van der Waals surface area (Å²) < 4.78 is 5.35. The highest BCUT2D eigenvalue weighted by molar-refractivity contribution is 5.95. The normalized spacial score (nSPS) is 19.8. The second-order valence-corrected chi connectivity index (χ2v) is 7.18. The van der Waals surface area contributed by atoms with E-state index in [9.17, 15) is 4.79 Å². The third-order valence-electron chi connectivity index (χ3n) is 5.34. The molecule has 2 aliphatic heterocycles. The molecule has 0 bridgehead atoms. The lowest BCUT2D eigenvalue weighted by Crippen LogP contribution is -2.44. The molecular weight excluding hydrogens is 373 g/mol. The molecule has 2 saturated heterocycles. The minimum atomic E-state index is -0.464. The number of nitrogens with zero attached hydrogens (tertiary/aromatic N) is 1. The van der Waals surface area contributed by atoms with Crippen molar-refractivity contribution in [3.63, 3.8) is 0 Å². The number of hydrogen-bond donors (Lipinski definition) is 2. The molecule has 0 spiro atoms. The summed E-state index contributed by atoms with van der Waals surface area (Å²) in [6.07, 6.45) is 4.18. The van der Waals surface area contributed by atoms with Gasteiger partial charge in [-0.1, -0.05) is 13.0 Å². The molecule has 1 unspecified atom stereocenters. The minimum absolute atomic E-state index is 0. The fourth-order valence-corrected chi connectivity index (χ4v) is 3.56. The molecule has 26 heavy (non-hydrogen) atoms. The number of piperidine rings is 1. The average molecular weight is 404 g/mol. The van der Waals surface area contributed by atoms with E-state index in [-0.39, 0.29) is 36.6 Å². The Kier molecular flexibility index (Phi) is 9.72. The number of anilines is 2. The van der Waals surface area contributed by atoms with Gasteiger partial charge in [-0.25, -0.2) is 0 Å². The van der Waals surface area contributed by atoms with Crippen molar-refractivity contribution in [2.75, 3.05) is 36.5 Å². The third kappa shape index (κ3) is 6.02. The second-order valence-electron chi connectivity index (χ2n) is 7.18. The van der Waals surface area contributed by atoms with Gasteiger partial charge < -0.3 is 20.7 Å². The molecule has 1 amide bonds. The second kappa shape index (κ2) is 11.0. The minimum Gasteiger partial charge on any atom is -0.381 e. The molecule has 3 N–H and O–H groups in total. The number of nitrogens with one attached hydrogen (secondary N) is 1. The smallest absolute Gasteiger partial charge is 0.241 e. The van der Waals surface area contributed by atoms with Gasteiger partial charge in [-0.3, -0.25) is 4.79 Å². The number of carbonyl (C=O) groups is 1. The van der Waals surface area contributed by atoms with Gasteiger partial charge in [0.15, 0.2) is 0 Å². The number of amides is 1. The van der Waals surface area contributed by atoms with Crippen molar-refractivity contribution in [1.82, 2.24) is 0 Å². The van der Waals surface area contributed by atoms with Gasteiger partial charge in [-0.15, -0.1) is 24.8 Å². The number of carbonyl (C=O) groups excluding carboxylic acids is 1. The highest BCUT2D eigenvalue weighted by atomic mass is 35.5. The summed E-state index contributed by atoms with van der Waals surface area (Å²) in [5.41, 5.74) is 8.17. The van der Waals surface area contributed by atoms with E-state index in [0.717, 1.165) is 37.5 Å². The maximum atomic E-state index is 12.5. The number of nitrogens with two attached hydrogens (primary N) is 1. The van der Waals surface area contributed by atoms with Crippen LogP contribution in [0.25, 0.3) is 0 Å². The van der Waals surface area contributed by atoms with Crippen LogP contribution < -0.4 is 16.0 Å². The molecule has 7 heteroatoms. The molecule has 1 aromatic rings. The van der Waals surface area contributed by atoms with Crippen LogP contribution in [0.1, 0.15) is 32.6 Å². The van der Waals surface area contributed by atoms with Crippen LogP contribution in [0.3, 0.4) is 0 Å². The number of benzene rings is 1. The standard InChI is InChI=1S/C19H29N3O2.2ClH/c1-14-5-9-22(10-6-14)17-4-2-3-16(13-17)21-19(23)18(20)15-7-11-24-12-8-15;;/h2-4,13-15,18H,5-12,20H2,1H3,(H,21,23);2*1H. The Morgan fingerprint density at radius 3 is 2.50 bits per heavy atom. The Balaban J connectivity index is 0.00000169. The van der Waals surface area contributed by atoms with Crippen LogP contribution in [0.4, 0.5) is 11.4 Å². The molecule has 0 radical (unpaired) electrons. The summed E-state index contributed by atoms with van der Waals surface area (Å²) in [6.45, 7) is 5.88.